The Bertz CT molecular complexity index is 536. The number of benzene rings is 1. The largest absolute Gasteiger partial charge is 0.481 e. The number of urea groups is 1. The van der Waals surface area contributed by atoms with E-state index in [1.165, 1.54) is 0 Å². The van der Waals surface area contributed by atoms with Crippen LogP contribution in [0.1, 0.15) is 38.8 Å². The van der Waals surface area contributed by atoms with Crippen molar-refractivity contribution in [2.45, 2.75) is 46.7 Å². The van der Waals surface area contributed by atoms with Crippen LogP contribution in [-0.4, -0.2) is 22.6 Å². The molecule has 5 heteroatoms. The summed E-state index contributed by atoms with van der Waals surface area (Å²) in [5.41, 5.74) is 0.172. The topological polar surface area (TPSA) is 78.4 Å². The van der Waals surface area contributed by atoms with E-state index >= 15 is 0 Å². The van der Waals surface area contributed by atoms with Crippen LogP contribution in [0.3, 0.4) is 0 Å². The molecule has 0 spiro atoms. The number of carboxylic acids is 1. The number of aryl methyl sites for hydroxylation is 1. The highest BCUT2D eigenvalue weighted by atomic mass is 16.4. The highest BCUT2D eigenvalue weighted by Gasteiger charge is 2.44. The number of nitrogens with one attached hydrogen (secondary N) is 2. The van der Waals surface area contributed by atoms with E-state index in [1.54, 1.807) is 27.7 Å². The number of hydrogen-bond donors (Lipinski definition) is 3. The predicted octanol–water partition coefficient (Wildman–Crippen LogP) is 2.68. The zero-order valence-electron chi connectivity index (χ0n) is 13.3. The van der Waals surface area contributed by atoms with Gasteiger partial charge in [0.25, 0.3) is 0 Å². The van der Waals surface area contributed by atoms with E-state index in [-0.39, 0.29) is 6.03 Å². The molecule has 21 heavy (non-hydrogen) atoms. The van der Waals surface area contributed by atoms with Gasteiger partial charge in [0.2, 0.25) is 0 Å². The van der Waals surface area contributed by atoms with Gasteiger partial charge in [-0.1, -0.05) is 29.8 Å². The summed E-state index contributed by atoms with van der Waals surface area (Å²) in [7, 11) is 0. The summed E-state index contributed by atoms with van der Waals surface area (Å²) >= 11 is 0. The van der Waals surface area contributed by atoms with Gasteiger partial charge in [-0.25, -0.2) is 4.79 Å². The molecule has 0 saturated carbocycles. The van der Waals surface area contributed by atoms with E-state index in [4.69, 9.17) is 0 Å². The van der Waals surface area contributed by atoms with Crippen LogP contribution < -0.4 is 10.6 Å². The van der Waals surface area contributed by atoms with Crippen LogP contribution in [0.25, 0.3) is 0 Å². The molecule has 0 aromatic heterocycles. The summed E-state index contributed by atoms with van der Waals surface area (Å²) in [6.45, 7) is 8.98. The molecule has 0 bridgehead atoms. The minimum atomic E-state index is -1.08. The summed E-state index contributed by atoms with van der Waals surface area (Å²) in [5, 5.41) is 14.7. The minimum Gasteiger partial charge on any atom is -0.481 e. The highest BCUT2D eigenvalue weighted by molar-refractivity contribution is 5.79. The average Bonchev–Trinajstić information content (AvgIpc) is 2.35. The number of carbonyl (C=O) groups is 2. The molecule has 2 amide bonds. The van der Waals surface area contributed by atoms with E-state index in [2.05, 4.69) is 10.6 Å². The molecule has 1 aromatic carbocycles. The van der Waals surface area contributed by atoms with Crippen molar-refractivity contribution in [3.8, 4) is 0 Å². The maximum Gasteiger partial charge on any atom is 0.315 e. The van der Waals surface area contributed by atoms with Crippen LogP contribution in [0.5, 0.6) is 0 Å². The number of carboxylic acid groups (broad SMARTS) is 1. The number of rotatable bonds is 5. The van der Waals surface area contributed by atoms with E-state index in [1.807, 2.05) is 31.2 Å². The van der Waals surface area contributed by atoms with Gasteiger partial charge in [-0.2, -0.15) is 0 Å². The Morgan fingerprint density at radius 1 is 1.19 bits per heavy atom. The maximum absolute atomic E-state index is 12.0. The Morgan fingerprint density at radius 3 is 2.33 bits per heavy atom. The lowest BCUT2D eigenvalue weighted by Crippen LogP contribution is -2.58. The van der Waals surface area contributed by atoms with Gasteiger partial charge in [-0.05, 0) is 40.2 Å². The molecule has 0 radical (unpaired) electrons. The second kappa shape index (κ2) is 6.16. The molecule has 1 rings (SSSR count). The zero-order valence-corrected chi connectivity index (χ0v) is 13.3. The summed E-state index contributed by atoms with van der Waals surface area (Å²) < 4.78 is 0. The van der Waals surface area contributed by atoms with E-state index < -0.39 is 16.9 Å². The van der Waals surface area contributed by atoms with Crippen molar-refractivity contribution in [3.63, 3.8) is 0 Å². The molecule has 0 fully saturated rings. The molecule has 0 aliphatic rings. The van der Waals surface area contributed by atoms with Crippen molar-refractivity contribution < 1.29 is 14.7 Å². The van der Waals surface area contributed by atoms with Gasteiger partial charge in [0.05, 0.1) is 11.0 Å². The van der Waals surface area contributed by atoms with Crippen LogP contribution in [-0.2, 0) is 11.3 Å². The fourth-order valence-electron chi connectivity index (χ4n) is 1.76. The Hall–Kier alpha value is -2.04. The summed E-state index contributed by atoms with van der Waals surface area (Å²) in [4.78, 5) is 23.3. The SMILES string of the molecule is Cc1cccc(CNC(=O)NC(C)(C)C(C)(C)C(=O)O)c1. The van der Waals surface area contributed by atoms with Crippen molar-refractivity contribution in [1.82, 2.24) is 10.6 Å². The van der Waals surface area contributed by atoms with Gasteiger partial charge in [-0.15, -0.1) is 0 Å². The smallest absolute Gasteiger partial charge is 0.315 e. The molecular formula is C16H24N2O3. The summed E-state index contributed by atoms with van der Waals surface area (Å²) in [6, 6.07) is 7.46. The third kappa shape index (κ3) is 4.21. The lowest BCUT2D eigenvalue weighted by atomic mass is 9.74. The lowest BCUT2D eigenvalue weighted by molar-refractivity contribution is -0.150. The highest BCUT2D eigenvalue weighted by Crippen LogP contribution is 2.30. The van der Waals surface area contributed by atoms with Crippen LogP contribution in [0.2, 0.25) is 0 Å². The lowest BCUT2D eigenvalue weighted by Gasteiger charge is -2.38. The summed E-state index contributed by atoms with van der Waals surface area (Å²) in [5.74, 6) is -0.952. The Morgan fingerprint density at radius 2 is 1.81 bits per heavy atom. The van der Waals surface area contributed by atoms with Crippen molar-refractivity contribution in [1.29, 1.82) is 0 Å². The first-order valence-corrected chi connectivity index (χ1v) is 6.91. The van der Waals surface area contributed by atoms with Gasteiger partial charge in [-0.3, -0.25) is 4.79 Å². The standard InChI is InChI=1S/C16H24N2O3/c1-11-7-6-8-12(9-11)10-17-14(21)18-16(4,5)15(2,3)13(19)20/h6-9H,10H2,1-5H3,(H,19,20)(H2,17,18,21). The molecule has 0 heterocycles. The first-order chi connectivity index (χ1) is 9.56. The first-order valence-electron chi connectivity index (χ1n) is 6.91. The number of aliphatic carboxylic acids is 1. The van der Waals surface area contributed by atoms with E-state index in [9.17, 15) is 14.7 Å². The molecule has 0 aliphatic carbocycles. The second-order valence-corrected chi connectivity index (χ2v) is 6.35. The van der Waals surface area contributed by atoms with Crippen LogP contribution in [0, 0.1) is 12.3 Å². The maximum atomic E-state index is 12.0. The third-order valence-corrected chi connectivity index (χ3v) is 4.06. The Balaban J connectivity index is 2.63. The number of carbonyl (C=O) groups excluding carboxylic acids is 1. The van der Waals surface area contributed by atoms with Crippen LogP contribution in [0.4, 0.5) is 4.79 Å². The first kappa shape index (κ1) is 17.0. The number of hydrogen-bond acceptors (Lipinski definition) is 2. The van der Waals surface area contributed by atoms with Crippen molar-refractivity contribution in [2.75, 3.05) is 0 Å². The third-order valence-electron chi connectivity index (χ3n) is 4.06. The fourth-order valence-corrected chi connectivity index (χ4v) is 1.76. The van der Waals surface area contributed by atoms with Gasteiger partial charge >= 0.3 is 12.0 Å². The number of amides is 2. The molecule has 116 valence electrons. The Kier molecular flexibility index (Phi) is 4.99. The van der Waals surface area contributed by atoms with Crippen molar-refractivity contribution >= 4 is 12.0 Å². The van der Waals surface area contributed by atoms with E-state index in [0.717, 1.165) is 11.1 Å². The molecular weight excluding hydrogens is 268 g/mol. The van der Waals surface area contributed by atoms with Crippen molar-refractivity contribution in [2.24, 2.45) is 5.41 Å². The molecule has 0 unspecified atom stereocenters. The fraction of sp³-hybridized carbons (Fsp3) is 0.500. The summed E-state index contributed by atoms with van der Waals surface area (Å²) in [6.07, 6.45) is 0. The molecule has 0 aliphatic heterocycles. The molecule has 1 aromatic rings. The van der Waals surface area contributed by atoms with Gasteiger partial charge in [0.15, 0.2) is 0 Å². The molecule has 0 saturated heterocycles. The second-order valence-electron chi connectivity index (χ2n) is 6.35. The zero-order chi connectivity index (χ0) is 16.3. The molecule has 3 N–H and O–H groups in total. The molecule has 5 nitrogen and oxygen atoms in total. The van der Waals surface area contributed by atoms with Gasteiger partial charge in [0.1, 0.15) is 0 Å². The quantitative estimate of drug-likeness (QED) is 0.780. The van der Waals surface area contributed by atoms with Gasteiger partial charge in [0, 0.05) is 6.54 Å². The predicted molar refractivity (Wildman–Crippen MR) is 82.0 cm³/mol. The van der Waals surface area contributed by atoms with Gasteiger partial charge < -0.3 is 15.7 Å². The molecule has 0 atom stereocenters. The van der Waals surface area contributed by atoms with Crippen LogP contribution >= 0.6 is 0 Å². The van der Waals surface area contributed by atoms with Crippen molar-refractivity contribution in [3.05, 3.63) is 35.4 Å². The normalized spacial score (nSPS) is 11.9. The minimum absolute atomic E-state index is 0.379. The van der Waals surface area contributed by atoms with E-state index in [0.29, 0.717) is 6.54 Å². The Labute approximate surface area is 125 Å². The average molecular weight is 292 g/mol. The monoisotopic (exact) mass is 292 g/mol. The van der Waals surface area contributed by atoms with Crippen LogP contribution in [0.15, 0.2) is 24.3 Å².